The Kier molecular flexibility index (Phi) is 4.35. The summed E-state index contributed by atoms with van der Waals surface area (Å²) in [4.78, 5) is 13.5. The number of carbonyl (C=O) groups excluding carboxylic acids is 1. The Morgan fingerprint density at radius 1 is 1.64 bits per heavy atom. The third-order valence-corrected chi connectivity index (χ3v) is 2.86. The van der Waals surface area contributed by atoms with Crippen LogP contribution in [0.5, 0.6) is 0 Å². The van der Waals surface area contributed by atoms with Crippen molar-refractivity contribution in [3.8, 4) is 0 Å². The zero-order valence-electron chi connectivity index (χ0n) is 9.12. The van der Waals surface area contributed by atoms with Gasteiger partial charge in [-0.05, 0) is 32.7 Å². The smallest absolute Gasteiger partial charge is 0.234 e. The summed E-state index contributed by atoms with van der Waals surface area (Å²) in [5.74, 6) is 0.882. The Morgan fingerprint density at radius 3 is 2.79 bits per heavy atom. The molecule has 1 atom stereocenters. The lowest BCUT2D eigenvalue weighted by atomic mass is 10.2. The molecule has 1 aliphatic rings. The topological polar surface area (TPSA) is 58.4 Å². The van der Waals surface area contributed by atoms with Crippen molar-refractivity contribution in [3.05, 3.63) is 0 Å². The number of nitrogens with two attached hydrogens (primary N) is 1. The van der Waals surface area contributed by atoms with Crippen LogP contribution in [0, 0.1) is 5.92 Å². The molecule has 4 heteroatoms. The van der Waals surface area contributed by atoms with Crippen LogP contribution in [0.15, 0.2) is 0 Å². The van der Waals surface area contributed by atoms with E-state index >= 15 is 0 Å². The highest BCUT2D eigenvalue weighted by Crippen LogP contribution is 2.34. The molecule has 0 aromatic carbocycles. The van der Waals surface area contributed by atoms with Gasteiger partial charge in [-0.1, -0.05) is 0 Å². The first kappa shape index (κ1) is 11.5. The summed E-state index contributed by atoms with van der Waals surface area (Å²) in [5.41, 5.74) is 5.30. The maximum absolute atomic E-state index is 11.4. The normalized spacial score (nSPS) is 18.3. The van der Waals surface area contributed by atoms with Gasteiger partial charge in [0.2, 0.25) is 5.91 Å². The molecule has 1 saturated carbocycles. The van der Waals surface area contributed by atoms with E-state index in [4.69, 9.17) is 5.73 Å². The highest BCUT2D eigenvalue weighted by molar-refractivity contribution is 5.77. The summed E-state index contributed by atoms with van der Waals surface area (Å²) < 4.78 is 0. The highest BCUT2D eigenvalue weighted by Gasteiger charge is 2.30. The molecule has 0 aliphatic heterocycles. The second kappa shape index (κ2) is 5.32. The Balaban J connectivity index is 2.17. The van der Waals surface area contributed by atoms with E-state index in [0.29, 0.717) is 25.7 Å². The second-order valence-electron chi connectivity index (χ2n) is 4.13. The van der Waals surface area contributed by atoms with Gasteiger partial charge in [-0.25, -0.2) is 0 Å². The molecule has 0 radical (unpaired) electrons. The first-order valence-electron chi connectivity index (χ1n) is 5.32. The van der Waals surface area contributed by atoms with E-state index in [0.717, 1.165) is 5.92 Å². The molecule has 0 bridgehead atoms. The average Bonchev–Trinajstić information content (AvgIpc) is 2.96. The molecule has 1 rings (SSSR count). The molecule has 3 N–H and O–H groups in total. The monoisotopic (exact) mass is 199 g/mol. The third kappa shape index (κ3) is 3.64. The van der Waals surface area contributed by atoms with Gasteiger partial charge in [0.15, 0.2) is 0 Å². The van der Waals surface area contributed by atoms with E-state index in [9.17, 15) is 4.79 Å². The Bertz CT molecular complexity index is 192. The molecule has 1 aliphatic carbocycles. The van der Waals surface area contributed by atoms with Crippen LogP contribution in [0.1, 0.15) is 19.8 Å². The fourth-order valence-electron chi connectivity index (χ4n) is 1.58. The molecule has 1 fully saturated rings. The minimum atomic E-state index is 0.0745. The van der Waals surface area contributed by atoms with E-state index in [1.807, 2.05) is 7.05 Å². The molecule has 4 nitrogen and oxygen atoms in total. The van der Waals surface area contributed by atoms with Crippen LogP contribution < -0.4 is 11.1 Å². The van der Waals surface area contributed by atoms with Gasteiger partial charge in [0.05, 0.1) is 6.54 Å². The van der Waals surface area contributed by atoms with E-state index in [1.54, 1.807) is 0 Å². The van der Waals surface area contributed by atoms with Crippen molar-refractivity contribution in [2.24, 2.45) is 11.7 Å². The number of hydrogen-bond donors (Lipinski definition) is 2. The van der Waals surface area contributed by atoms with Gasteiger partial charge < -0.3 is 11.1 Å². The van der Waals surface area contributed by atoms with Crippen molar-refractivity contribution in [3.63, 3.8) is 0 Å². The molecule has 0 aromatic rings. The van der Waals surface area contributed by atoms with Crippen LogP contribution in [0.25, 0.3) is 0 Å². The minimum Gasteiger partial charge on any atom is -0.354 e. The van der Waals surface area contributed by atoms with Gasteiger partial charge >= 0.3 is 0 Å². The Hall–Kier alpha value is -0.610. The van der Waals surface area contributed by atoms with Crippen molar-refractivity contribution < 1.29 is 4.79 Å². The first-order valence-corrected chi connectivity index (χ1v) is 5.32. The molecule has 0 heterocycles. The van der Waals surface area contributed by atoms with Crippen molar-refractivity contribution in [1.29, 1.82) is 0 Å². The quantitative estimate of drug-likeness (QED) is 0.622. The predicted molar refractivity (Wildman–Crippen MR) is 56.9 cm³/mol. The van der Waals surface area contributed by atoms with Crippen molar-refractivity contribution in [2.75, 3.05) is 26.7 Å². The summed E-state index contributed by atoms with van der Waals surface area (Å²) in [6.45, 7) is 3.75. The van der Waals surface area contributed by atoms with E-state index < -0.39 is 0 Å². The summed E-state index contributed by atoms with van der Waals surface area (Å²) in [6.07, 6.45) is 2.63. The van der Waals surface area contributed by atoms with E-state index in [2.05, 4.69) is 17.1 Å². The lowest BCUT2D eigenvalue weighted by Gasteiger charge is -2.23. The van der Waals surface area contributed by atoms with Crippen LogP contribution in [0.4, 0.5) is 0 Å². The fourth-order valence-corrected chi connectivity index (χ4v) is 1.58. The van der Waals surface area contributed by atoms with Crippen LogP contribution in [-0.4, -0.2) is 43.5 Å². The van der Waals surface area contributed by atoms with Gasteiger partial charge in [-0.3, -0.25) is 9.69 Å². The van der Waals surface area contributed by atoms with Crippen LogP contribution in [0.2, 0.25) is 0 Å². The highest BCUT2D eigenvalue weighted by atomic mass is 16.2. The molecular weight excluding hydrogens is 178 g/mol. The molecule has 14 heavy (non-hydrogen) atoms. The van der Waals surface area contributed by atoms with Gasteiger partial charge in [0.25, 0.3) is 0 Å². The third-order valence-electron chi connectivity index (χ3n) is 2.86. The number of carbonyl (C=O) groups is 1. The van der Waals surface area contributed by atoms with E-state index in [-0.39, 0.29) is 5.91 Å². The molecule has 1 amide bonds. The predicted octanol–water partition coefficient (Wildman–Crippen LogP) is -0.208. The molecule has 0 aromatic heterocycles. The number of likely N-dealkylation sites (N-methyl/N-ethyl adjacent to an activating group) is 1. The lowest BCUT2D eigenvalue weighted by molar-refractivity contribution is -0.122. The van der Waals surface area contributed by atoms with Gasteiger partial charge in [-0.15, -0.1) is 0 Å². The van der Waals surface area contributed by atoms with Crippen molar-refractivity contribution in [1.82, 2.24) is 10.2 Å². The summed E-state index contributed by atoms with van der Waals surface area (Å²) >= 11 is 0. The average molecular weight is 199 g/mol. The SMILES string of the molecule is CC(C1CC1)N(C)CC(=O)NCCN. The second-order valence-corrected chi connectivity index (χ2v) is 4.13. The lowest BCUT2D eigenvalue weighted by Crippen LogP contribution is -2.41. The first-order chi connectivity index (χ1) is 6.65. The zero-order chi connectivity index (χ0) is 10.6. The van der Waals surface area contributed by atoms with Gasteiger partial charge in [0, 0.05) is 19.1 Å². The maximum atomic E-state index is 11.4. The molecule has 1 unspecified atom stereocenters. The minimum absolute atomic E-state index is 0.0745. The molecule has 82 valence electrons. The number of nitrogens with zero attached hydrogens (tertiary/aromatic N) is 1. The van der Waals surface area contributed by atoms with Crippen LogP contribution in [0.3, 0.4) is 0 Å². The molecule has 0 saturated heterocycles. The van der Waals surface area contributed by atoms with E-state index in [1.165, 1.54) is 12.8 Å². The van der Waals surface area contributed by atoms with Gasteiger partial charge in [0.1, 0.15) is 0 Å². The number of rotatable bonds is 6. The summed E-state index contributed by atoms with van der Waals surface area (Å²) in [7, 11) is 2.00. The summed E-state index contributed by atoms with van der Waals surface area (Å²) in [5, 5.41) is 2.77. The van der Waals surface area contributed by atoms with Crippen LogP contribution >= 0.6 is 0 Å². The van der Waals surface area contributed by atoms with Crippen LogP contribution in [-0.2, 0) is 4.79 Å². The number of nitrogens with one attached hydrogen (secondary N) is 1. The van der Waals surface area contributed by atoms with Crippen molar-refractivity contribution in [2.45, 2.75) is 25.8 Å². The van der Waals surface area contributed by atoms with Gasteiger partial charge in [-0.2, -0.15) is 0 Å². The Morgan fingerprint density at radius 2 is 2.29 bits per heavy atom. The Labute approximate surface area is 85.8 Å². The zero-order valence-corrected chi connectivity index (χ0v) is 9.12. The standard InChI is InChI=1S/C10H21N3O/c1-8(9-3-4-9)13(2)7-10(14)12-6-5-11/h8-9H,3-7,11H2,1-2H3,(H,12,14). The maximum Gasteiger partial charge on any atom is 0.234 e. The van der Waals surface area contributed by atoms with Crippen molar-refractivity contribution >= 4 is 5.91 Å². The fraction of sp³-hybridized carbons (Fsp3) is 0.900. The number of amides is 1. The largest absolute Gasteiger partial charge is 0.354 e. The number of hydrogen-bond acceptors (Lipinski definition) is 3. The molecule has 0 spiro atoms. The summed E-state index contributed by atoms with van der Waals surface area (Å²) in [6, 6.07) is 0.527. The molecular formula is C10H21N3O.